The van der Waals surface area contributed by atoms with Crippen LogP contribution in [-0.4, -0.2) is 20.7 Å². The fourth-order valence-corrected chi connectivity index (χ4v) is 1.59. The summed E-state index contributed by atoms with van der Waals surface area (Å²) in [4.78, 5) is 15.8. The van der Waals surface area contributed by atoms with Crippen molar-refractivity contribution in [3.8, 4) is 0 Å². The second-order valence-corrected chi connectivity index (χ2v) is 4.07. The number of amides is 1. The van der Waals surface area contributed by atoms with Gasteiger partial charge in [0.05, 0.1) is 0 Å². The molecule has 1 N–H and O–H groups in total. The third kappa shape index (κ3) is 2.27. The first kappa shape index (κ1) is 10.8. The Hall–Kier alpha value is -1.69. The first-order valence-electron chi connectivity index (χ1n) is 4.58. The molecule has 0 aromatic carbocycles. The van der Waals surface area contributed by atoms with E-state index < -0.39 is 0 Å². The first-order valence-corrected chi connectivity index (χ1v) is 5.37. The van der Waals surface area contributed by atoms with Crippen LogP contribution in [0, 0.1) is 0 Å². The summed E-state index contributed by atoms with van der Waals surface area (Å²) in [5, 5.41) is 6.61. The van der Waals surface area contributed by atoms with Gasteiger partial charge in [-0.15, -0.1) is 0 Å². The van der Waals surface area contributed by atoms with Gasteiger partial charge in [0, 0.05) is 23.9 Å². The SMILES string of the molecule is Cn1nccc1C(=O)Nc1cc(Br)ccn1. The van der Waals surface area contributed by atoms with Gasteiger partial charge >= 0.3 is 0 Å². The molecule has 0 saturated carbocycles. The number of hydrogen-bond acceptors (Lipinski definition) is 3. The number of pyridine rings is 1. The van der Waals surface area contributed by atoms with Crippen LogP contribution in [0.1, 0.15) is 10.5 Å². The van der Waals surface area contributed by atoms with Crippen molar-refractivity contribution in [1.82, 2.24) is 14.8 Å². The van der Waals surface area contributed by atoms with Gasteiger partial charge in [-0.1, -0.05) is 15.9 Å². The van der Waals surface area contributed by atoms with Crippen molar-refractivity contribution < 1.29 is 4.79 Å². The molecule has 2 aromatic rings. The highest BCUT2D eigenvalue weighted by molar-refractivity contribution is 9.10. The van der Waals surface area contributed by atoms with Crippen molar-refractivity contribution in [3.05, 3.63) is 40.8 Å². The minimum atomic E-state index is -0.231. The molecule has 16 heavy (non-hydrogen) atoms. The number of aryl methyl sites for hydroxylation is 1. The largest absolute Gasteiger partial charge is 0.305 e. The van der Waals surface area contributed by atoms with Crippen molar-refractivity contribution in [2.75, 3.05) is 5.32 Å². The summed E-state index contributed by atoms with van der Waals surface area (Å²) in [6, 6.07) is 5.17. The van der Waals surface area contributed by atoms with Gasteiger partial charge < -0.3 is 5.32 Å². The number of nitrogens with one attached hydrogen (secondary N) is 1. The lowest BCUT2D eigenvalue weighted by molar-refractivity contribution is 0.101. The molecule has 0 unspecified atom stereocenters. The molecule has 0 aliphatic carbocycles. The van der Waals surface area contributed by atoms with E-state index in [0.717, 1.165) is 4.47 Å². The highest BCUT2D eigenvalue weighted by Crippen LogP contribution is 2.13. The van der Waals surface area contributed by atoms with E-state index in [9.17, 15) is 4.79 Å². The average Bonchev–Trinajstić information content (AvgIpc) is 2.64. The summed E-state index contributed by atoms with van der Waals surface area (Å²) in [5.74, 6) is 0.270. The van der Waals surface area contributed by atoms with Crippen molar-refractivity contribution in [2.45, 2.75) is 0 Å². The number of carbonyl (C=O) groups excluding carboxylic acids is 1. The van der Waals surface area contributed by atoms with Gasteiger partial charge in [0.1, 0.15) is 11.5 Å². The molecule has 0 aliphatic rings. The predicted molar refractivity (Wildman–Crippen MR) is 63.1 cm³/mol. The fraction of sp³-hybridized carbons (Fsp3) is 0.100. The molecule has 0 saturated heterocycles. The van der Waals surface area contributed by atoms with Gasteiger partial charge in [0.15, 0.2) is 0 Å². The third-order valence-electron chi connectivity index (χ3n) is 2.02. The Morgan fingerprint density at radius 3 is 2.88 bits per heavy atom. The van der Waals surface area contributed by atoms with Crippen molar-refractivity contribution >= 4 is 27.7 Å². The molecule has 82 valence electrons. The number of aromatic nitrogens is 3. The predicted octanol–water partition coefficient (Wildman–Crippen LogP) is 1.83. The number of anilines is 1. The Bertz CT molecular complexity index is 523. The molecule has 5 nitrogen and oxygen atoms in total. The van der Waals surface area contributed by atoms with Crippen molar-refractivity contribution in [3.63, 3.8) is 0 Å². The van der Waals surface area contributed by atoms with E-state index in [4.69, 9.17) is 0 Å². The molecule has 2 aromatic heterocycles. The van der Waals surface area contributed by atoms with Crippen molar-refractivity contribution in [1.29, 1.82) is 0 Å². The van der Waals surface area contributed by atoms with Gasteiger partial charge in [0.25, 0.3) is 5.91 Å². The summed E-state index contributed by atoms with van der Waals surface area (Å²) in [5.41, 5.74) is 0.488. The van der Waals surface area contributed by atoms with Crippen LogP contribution in [0.3, 0.4) is 0 Å². The molecule has 2 heterocycles. The van der Waals surface area contributed by atoms with Gasteiger partial charge in [-0.3, -0.25) is 9.48 Å². The van der Waals surface area contributed by atoms with E-state index in [1.54, 1.807) is 37.6 Å². The maximum Gasteiger partial charge on any atom is 0.275 e. The van der Waals surface area contributed by atoms with Crippen LogP contribution in [0.5, 0.6) is 0 Å². The molecule has 0 radical (unpaired) electrons. The molecule has 0 spiro atoms. The van der Waals surface area contributed by atoms with Crippen LogP contribution in [0.15, 0.2) is 35.1 Å². The van der Waals surface area contributed by atoms with Crippen LogP contribution in [0.4, 0.5) is 5.82 Å². The number of nitrogens with zero attached hydrogens (tertiary/aromatic N) is 3. The quantitative estimate of drug-likeness (QED) is 0.913. The lowest BCUT2D eigenvalue weighted by Crippen LogP contribution is -2.16. The Morgan fingerprint density at radius 1 is 1.44 bits per heavy atom. The summed E-state index contributed by atoms with van der Waals surface area (Å²) in [6.07, 6.45) is 3.19. The van der Waals surface area contributed by atoms with E-state index in [1.165, 1.54) is 4.68 Å². The number of rotatable bonds is 2. The second-order valence-electron chi connectivity index (χ2n) is 3.15. The molecule has 0 fully saturated rings. The smallest absolute Gasteiger partial charge is 0.275 e. The molecular formula is C10H9BrN4O. The average molecular weight is 281 g/mol. The van der Waals surface area contributed by atoms with Crippen LogP contribution in [0.25, 0.3) is 0 Å². The van der Waals surface area contributed by atoms with E-state index in [0.29, 0.717) is 11.5 Å². The van der Waals surface area contributed by atoms with Crippen LogP contribution in [-0.2, 0) is 7.05 Å². The lowest BCUT2D eigenvalue weighted by Gasteiger charge is -2.04. The third-order valence-corrected chi connectivity index (χ3v) is 2.51. The first-order chi connectivity index (χ1) is 7.66. The Morgan fingerprint density at radius 2 is 2.25 bits per heavy atom. The van der Waals surface area contributed by atoms with Crippen LogP contribution >= 0.6 is 15.9 Å². The van der Waals surface area contributed by atoms with E-state index >= 15 is 0 Å². The summed E-state index contributed by atoms with van der Waals surface area (Å²) in [7, 11) is 1.71. The van der Waals surface area contributed by atoms with Crippen LogP contribution in [0.2, 0.25) is 0 Å². The fourth-order valence-electron chi connectivity index (χ4n) is 1.25. The number of hydrogen-bond donors (Lipinski definition) is 1. The Kier molecular flexibility index (Phi) is 3.00. The molecular weight excluding hydrogens is 272 g/mol. The van der Waals surface area contributed by atoms with Gasteiger partial charge in [-0.2, -0.15) is 5.10 Å². The monoisotopic (exact) mass is 280 g/mol. The van der Waals surface area contributed by atoms with Gasteiger partial charge in [-0.05, 0) is 18.2 Å². The number of halogens is 1. The second kappa shape index (κ2) is 4.44. The standard InChI is InChI=1S/C10H9BrN4O/c1-15-8(3-5-13-15)10(16)14-9-6-7(11)2-4-12-9/h2-6H,1H3,(H,12,14,16). The minimum absolute atomic E-state index is 0.231. The Balaban J connectivity index is 2.17. The molecule has 0 atom stereocenters. The highest BCUT2D eigenvalue weighted by Gasteiger charge is 2.10. The zero-order valence-corrected chi connectivity index (χ0v) is 10.1. The summed E-state index contributed by atoms with van der Waals surface area (Å²) < 4.78 is 2.37. The zero-order valence-electron chi connectivity index (χ0n) is 8.51. The normalized spacial score (nSPS) is 10.1. The van der Waals surface area contributed by atoms with Crippen LogP contribution < -0.4 is 5.32 Å². The van der Waals surface area contributed by atoms with E-state index in [1.807, 2.05) is 0 Å². The molecule has 0 aliphatic heterocycles. The van der Waals surface area contributed by atoms with E-state index in [-0.39, 0.29) is 5.91 Å². The summed E-state index contributed by atoms with van der Waals surface area (Å²) >= 11 is 3.31. The number of carbonyl (C=O) groups is 1. The van der Waals surface area contributed by atoms with Gasteiger partial charge in [0.2, 0.25) is 0 Å². The lowest BCUT2D eigenvalue weighted by atomic mass is 10.4. The van der Waals surface area contributed by atoms with Gasteiger partial charge in [-0.25, -0.2) is 4.98 Å². The topological polar surface area (TPSA) is 59.8 Å². The molecule has 2 rings (SSSR count). The maximum absolute atomic E-state index is 11.8. The van der Waals surface area contributed by atoms with E-state index in [2.05, 4.69) is 31.3 Å². The zero-order chi connectivity index (χ0) is 11.5. The molecule has 6 heteroatoms. The highest BCUT2D eigenvalue weighted by atomic mass is 79.9. The maximum atomic E-state index is 11.8. The Labute approximate surface area is 101 Å². The molecule has 1 amide bonds. The molecule has 0 bridgehead atoms. The van der Waals surface area contributed by atoms with Crippen molar-refractivity contribution in [2.24, 2.45) is 7.05 Å². The summed E-state index contributed by atoms with van der Waals surface area (Å²) in [6.45, 7) is 0. The minimum Gasteiger partial charge on any atom is -0.305 e.